The molecule has 19 heavy (non-hydrogen) atoms. The van der Waals surface area contributed by atoms with E-state index in [1.807, 2.05) is 0 Å². The minimum absolute atomic E-state index is 0.0625. The van der Waals surface area contributed by atoms with Crippen LogP contribution in [0.4, 0.5) is 5.69 Å². The highest BCUT2D eigenvalue weighted by molar-refractivity contribution is 5.95. The van der Waals surface area contributed by atoms with E-state index in [1.54, 1.807) is 12.1 Å². The first kappa shape index (κ1) is 12.2. The molecule has 0 bridgehead atoms. The summed E-state index contributed by atoms with van der Waals surface area (Å²) < 4.78 is 0. The second-order valence-corrected chi connectivity index (χ2v) is 5.58. The summed E-state index contributed by atoms with van der Waals surface area (Å²) in [7, 11) is 0. The Morgan fingerprint density at radius 1 is 1.16 bits per heavy atom. The van der Waals surface area contributed by atoms with Crippen molar-refractivity contribution in [2.24, 2.45) is 17.8 Å². The Bertz CT molecular complexity index is 506. The van der Waals surface area contributed by atoms with Crippen molar-refractivity contribution in [3.63, 3.8) is 0 Å². The molecule has 4 nitrogen and oxygen atoms in total. The van der Waals surface area contributed by atoms with Gasteiger partial charge >= 0.3 is 5.97 Å². The molecule has 3 rings (SSSR count). The summed E-state index contributed by atoms with van der Waals surface area (Å²) in [6.45, 7) is 0. The van der Waals surface area contributed by atoms with Crippen LogP contribution in [0.3, 0.4) is 0 Å². The third-order valence-corrected chi connectivity index (χ3v) is 3.94. The predicted molar refractivity (Wildman–Crippen MR) is 71.0 cm³/mol. The first-order chi connectivity index (χ1) is 9.15. The molecule has 1 aromatic carbocycles. The summed E-state index contributed by atoms with van der Waals surface area (Å²) in [5.74, 6) is 0.323. The van der Waals surface area contributed by atoms with Gasteiger partial charge < -0.3 is 10.4 Å². The molecule has 2 aliphatic carbocycles. The highest BCUT2D eigenvalue weighted by atomic mass is 16.4. The normalized spacial score (nSPS) is 18.4. The minimum atomic E-state index is -0.975. The maximum absolute atomic E-state index is 12.3. The fourth-order valence-electron chi connectivity index (χ4n) is 2.68. The van der Waals surface area contributed by atoms with Gasteiger partial charge in [-0.25, -0.2) is 4.79 Å². The lowest BCUT2D eigenvalue weighted by atomic mass is 9.97. The smallest absolute Gasteiger partial charge is 0.335 e. The molecule has 0 aromatic heterocycles. The summed E-state index contributed by atoms with van der Waals surface area (Å²) in [5, 5.41) is 11.8. The van der Waals surface area contributed by atoms with Crippen molar-refractivity contribution in [3.8, 4) is 0 Å². The van der Waals surface area contributed by atoms with Crippen LogP contribution in [-0.4, -0.2) is 17.0 Å². The number of hydrogen-bond acceptors (Lipinski definition) is 2. The second-order valence-electron chi connectivity index (χ2n) is 5.58. The summed E-state index contributed by atoms with van der Waals surface area (Å²) in [5.41, 5.74) is 0.781. The fraction of sp³-hybridized carbons (Fsp3) is 0.467. The van der Waals surface area contributed by atoms with Gasteiger partial charge in [-0.1, -0.05) is 6.07 Å². The van der Waals surface area contributed by atoms with Gasteiger partial charge in [0.05, 0.1) is 5.56 Å². The summed E-state index contributed by atoms with van der Waals surface area (Å²) in [6.07, 6.45) is 4.63. The molecule has 0 spiro atoms. The first-order valence-electron chi connectivity index (χ1n) is 6.79. The van der Waals surface area contributed by atoms with Crippen molar-refractivity contribution in [1.29, 1.82) is 0 Å². The van der Waals surface area contributed by atoms with Gasteiger partial charge in [0.1, 0.15) is 0 Å². The van der Waals surface area contributed by atoms with Crippen LogP contribution >= 0.6 is 0 Å². The van der Waals surface area contributed by atoms with E-state index in [4.69, 9.17) is 5.11 Å². The van der Waals surface area contributed by atoms with Crippen LogP contribution < -0.4 is 5.32 Å². The predicted octanol–water partition coefficient (Wildman–Crippen LogP) is 2.76. The van der Waals surface area contributed by atoms with Crippen LogP contribution in [-0.2, 0) is 4.79 Å². The van der Waals surface area contributed by atoms with Gasteiger partial charge in [-0.3, -0.25) is 4.79 Å². The lowest BCUT2D eigenvalue weighted by Gasteiger charge is -2.15. The number of anilines is 1. The zero-order chi connectivity index (χ0) is 13.4. The lowest BCUT2D eigenvalue weighted by Crippen LogP contribution is -2.26. The topological polar surface area (TPSA) is 66.4 Å². The number of aromatic carboxylic acids is 1. The number of amides is 1. The average molecular weight is 259 g/mol. The minimum Gasteiger partial charge on any atom is -0.478 e. The molecular weight excluding hydrogens is 242 g/mol. The Kier molecular flexibility index (Phi) is 3.01. The zero-order valence-corrected chi connectivity index (χ0v) is 10.6. The van der Waals surface area contributed by atoms with Crippen molar-refractivity contribution in [1.82, 2.24) is 0 Å². The third-order valence-electron chi connectivity index (χ3n) is 3.94. The van der Waals surface area contributed by atoms with Crippen LogP contribution in [0.15, 0.2) is 24.3 Å². The molecule has 0 atom stereocenters. The Morgan fingerprint density at radius 3 is 2.32 bits per heavy atom. The molecule has 2 saturated carbocycles. The Balaban J connectivity index is 1.71. The molecule has 1 amide bonds. The van der Waals surface area contributed by atoms with E-state index in [9.17, 15) is 9.59 Å². The molecule has 0 unspecified atom stereocenters. The molecular formula is C15H17NO3. The summed E-state index contributed by atoms with van der Waals surface area (Å²) in [4.78, 5) is 23.2. The van der Waals surface area contributed by atoms with Gasteiger partial charge in [0.2, 0.25) is 5.91 Å². The molecule has 4 heteroatoms. The van der Waals surface area contributed by atoms with Crippen molar-refractivity contribution < 1.29 is 14.7 Å². The SMILES string of the molecule is O=C(O)c1cccc(NC(=O)C(C2CC2)C2CC2)c1. The van der Waals surface area contributed by atoms with Crippen molar-refractivity contribution in [2.75, 3.05) is 5.32 Å². The number of nitrogens with one attached hydrogen (secondary N) is 1. The molecule has 2 N–H and O–H groups in total. The number of benzene rings is 1. The van der Waals surface area contributed by atoms with Gasteiger partial charge in [-0.05, 0) is 55.7 Å². The summed E-state index contributed by atoms with van der Waals surface area (Å²) >= 11 is 0. The zero-order valence-electron chi connectivity index (χ0n) is 10.6. The van der Waals surface area contributed by atoms with E-state index in [1.165, 1.54) is 12.1 Å². The van der Waals surface area contributed by atoms with E-state index < -0.39 is 5.97 Å². The molecule has 0 heterocycles. The average Bonchev–Trinajstić information content (AvgIpc) is 3.23. The Hall–Kier alpha value is -1.84. The van der Waals surface area contributed by atoms with Gasteiger partial charge in [-0.2, -0.15) is 0 Å². The highest BCUT2D eigenvalue weighted by Gasteiger charge is 2.45. The number of carbonyl (C=O) groups excluding carboxylic acids is 1. The fourth-order valence-corrected chi connectivity index (χ4v) is 2.68. The van der Waals surface area contributed by atoms with E-state index in [0.717, 1.165) is 25.7 Å². The van der Waals surface area contributed by atoms with E-state index in [2.05, 4.69) is 5.32 Å². The molecule has 100 valence electrons. The number of rotatable bonds is 5. The van der Waals surface area contributed by atoms with E-state index in [-0.39, 0.29) is 17.4 Å². The number of carbonyl (C=O) groups is 2. The van der Waals surface area contributed by atoms with Crippen LogP contribution in [0.1, 0.15) is 36.0 Å². The van der Waals surface area contributed by atoms with E-state index in [0.29, 0.717) is 17.5 Å². The Morgan fingerprint density at radius 2 is 1.79 bits per heavy atom. The maximum Gasteiger partial charge on any atom is 0.335 e. The first-order valence-corrected chi connectivity index (χ1v) is 6.79. The number of hydrogen-bond donors (Lipinski definition) is 2. The van der Waals surface area contributed by atoms with Crippen molar-refractivity contribution >= 4 is 17.6 Å². The van der Waals surface area contributed by atoms with Gasteiger partial charge in [0.25, 0.3) is 0 Å². The highest BCUT2D eigenvalue weighted by Crippen LogP contribution is 2.49. The molecule has 0 aliphatic heterocycles. The second kappa shape index (κ2) is 4.68. The monoisotopic (exact) mass is 259 g/mol. The van der Waals surface area contributed by atoms with Crippen LogP contribution in [0, 0.1) is 17.8 Å². The lowest BCUT2D eigenvalue weighted by molar-refractivity contribution is -0.121. The maximum atomic E-state index is 12.3. The molecule has 2 fully saturated rings. The molecule has 1 aromatic rings. The van der Waals surface area contributed by atoms with Crippen LogP contribution in [0.25, 0.3) is 0 Å². The van der Waals surface area contributed by atoms with Crippen LogP contribution in [0.5, 0.6) is 0 Å². The van der Waals surface area contributed by atoms with Crippen molar-refractivity contribution in [2.45, 2.75) is 25.7 Å². The number of carboxylic acids is 1. The number of carboxylic acid groups (broad SMARTS) is 1. The molecule has 0 radical (unpaired) electrons. The van der Waals surface area contributed by atoms with Crippen molar-refractivity contribution in [3.05, 3.63) is 29.8 Å². The molecule has 0 saturated heterocycles. The standard InChI is InChI=1S/C15H17NO3/c17-14(13(9-4-5-9)10-6-7-10)16-12-3-1-2-11(8-12)15(18)19/h1-3,8-10,13H,4-7H2,(H,16,17)(H,18,19). The largest absolute Gasteiger partial charge is 0.478 e. The van der Waals surface area contributed by atoms with E-state index >= 15 is 0 Å². The Labute approximate surface area is 111 Å². The van der Waals surface area contributed by atoms with Gasteiger partial charge in [0, 0.05) is 11.6 Å². The summed E-state index contributed by atoms with van der Waals surface area (Å²) in [6, 6.07) is 6.43. The quantitative estimate of drug-likeness (QED) is 0.854. The van der Waals surface area contributed by atoms with Crippen LogP contribution in [0.2, 0.25) is 0 Å². The van der Waals surface area contributed by atoms with Gasteiger partial charge in [0.15, 0.2) is 0 Å². The third kappa shape index (κ3) is 2.78. The van der Waals surface area contributed by atoms with Gasteiger partial charge in [-0.15, -0.1) is 0 Å². The molecule has 2 aliphatic rings.